The van der Waals surface area contributed by atoms with Crippen molar-refractivity contribution < 1.29 is 19.8 Å². The molecule has 6 heteroatoms. The molecule has 0 bridgehead atoms. The number of hydrogen-bond donors (Lipinski definition) is 2. The Hall–Kier alpha value is -1.40. The summed E-state index contributed by atoms with van der Waals surface area (Å²) in [6, 6.07) is 1.02. The molecule has 114 valence electrons. The minimum atomic E-state index is -1.04. The summed E-state index contributed by atoms with van der Waals surface area (Å²) in [5.74, 6) is -1.30. The van der Waals surface area contributed by atoms with E-state index < -0.39 is 18.1 Å². The van der Waals surface area contributed by atoms with Crippen LogP contribution in [0.2, 0.25) is 0 Å². The highest BCUT2D eigenvalue weighted by atomic mass is 32.1. The predicted octanol–water partition coefficient (Wildman–Crippen LogP) is 1.68. The van der Waals surface area contributed by atoms with Crippen LogP contribution in [0.15, 0.2) is 6.07 Å². The number of β-amino-alcohol motifs (C(OH)–C–C–N with tert-alkyl or cyclic N) is 1. The van der Waals surface area contributed by atoms with Gasteiger partial charge in [-0.05, 0) is 37.3 Å². The summed E-state index contributed by atoms with van der Waals surface area (Å²) < 4.78 is 0. The zero-order chi connectivity index (χ0) is 15.0. The molecular formula is C15H19NO4S. The van der Waals surface area contributed by atoms with Crippen molar-refractivity contribution in [2.75, 3.05) is 6.54 Å². The van der Waals surface area contributed by atoms with Crippen molar-refractivity contribution in [3.8, 4) is 0 Å². The summed E-state index contributed by atoms with van der Waals surface area (Å²) in [6.07, 6.45) is 4.92. The molecule has 1 fully saturated rings. The van der Waals surface area contributed by atoms with Gasteiger partial charge in [-0.15, -0.1) is 11.3 Å². The lowest BCUT2D eigenvalue weighted by atomic mass is 10.1. The summed E-state index contributed by atoms with van der Waals surface area (Å²) in [6.45, 7) is 0.109. The van der Waals surface area contributed by atoms with Gasteiger partial charge >= 0.3 is 5.97 Å². The van der Waals surface area contributed by atoms with Gasteiger partial charge in [-0.25, -0.2) is 4.79 Å². The number of carbonyl (C=O) groups excluding carboxylic acids is 1. The number of fused-ring (bicyclic) bond motifs is 1. The Morgan fingerprint density at radius 3 is 2.76 bits per heavy atom. The van der Waals surface area contributed by atoms with Crippen molar-refractivity contribution >= 4 is 23.2 Å². The molecule has 5 nitrogen and oxygen atoms in total. The van der Waals surface area contributed by atoms with Gasteiger partial charge in [0, 0.05) is 17.8 Å². The van der Waals surface area contributed by atoms with Crippen LogP contribution in [0.25, 0.3) is 0 Å². The molecule has 2 aliphatic rings. The van der Waals surface area contributed by atoms with Gasteiger partial charge in [0.15, 0.2) is 0 Å². The second-order valence-electron chi connectivity index (χ2n) is 5.82. The number of carboxylic acids is 1. The maximum absolute atomic E-state index is 12.6. The van der Waals surface area contributed by atoms with Crippen molar-refractivity contribution in [2.45, 2.75) is 50.7 Å². The van der Waals surface area contributed by atoms with E-state index in [1.807, 2.05) is 6.07 Å². The van der Waals surface area contributed by atoms with Crippen LogP contribution in [0.5, 0.6) is 0 Å². The fourth-order valence-corrected chi connectivity index (χ4v) is 4.40. The summed E-state index contributed by atoms with van der Waals surface area (Å²) in [4.78, 5) is 27.0. The van der Waals surface area contributed by atoms with Crippen LogP contribution in [0.3, 0.4) is 0 Å². The zero-order valence-electron chi connectivity index (χ0n) is 11.7. The monoisotopic (exact) mass is 309 g/mol. The van der Waals surface area contributed by atoms with E-state index in [2.05, 4.69) is 0 Å². The van der Waals surface area contributed by atoms with E-state index in [1.54, 1.807) is 0 Å². The van der Waals surface area contributed by atoms with Crippen LogP contribution < -0.4 is 0 Å². The molecule has 1 aromatic heterocycles. The molecule has 0 aromatic carbocycles. The van der Waals surface area contributed by atoms with Crippen LogP contribution in [0.1, 0.15) is 45.8 Å². The molecule has 21 heavy (non-hydrogen) atoms. The number of carboxylic acid groups (broad SMARTS) is 1. The normalized spacial score (nSPS) is 25.5. The number of aliphatic hydroxyl groups excluding tert-OH is 1. The van der Waals surface area contributed by atoms with E-state index in [9.17, 15) is 19.8 Å². The van der Waals surface area contributed by atoms with Crippen molar-refractivity contribution in [3.63, 3.8) is 0 Å². The van der Waals surface area contributed by atoms with Crippen LogP contribution in [-0.4, -0.2) is 45.7 Å². The molecule has 2 atom stereocenters. The topological polar surface area (TPSA) is 77.8 Å². The number of aliphatic hydroxyl groups is 1. The first kappa shape index (κ1) is 14.5. The first-order valence-electron chi connectivity index (χ1n) is 7.39. The summed E-state index contributed by atoms with van der Waals surface area (Å²) in [5.41, 5.74) is 1.24. The maximum atomic E-state index is 12.6. The second kappa shape index (κ2) is 5.77. The zero-order valence-corrected chi connectivity index (χ0v) is 12.6. The van der Waals surface area contributed by atoms with Crippen LogP contribution in [0, 0.1) is 0 Å². The molecule has 2 unspecified atom stereocenters. The summed E-state index contributed by atoms with van der Waals surface area (Å²) >= 11 is 1.49. The smallest absolute Gasteiger partial charge is 0.326 e. The largest absolute Gasteiger partial charge is 0.480 e. The first-order valence-corrected chi connectivity index (χ1v) is 8.21. The lowest BCUT2D eigenvalue weighted by Crippen LogP contribution is -2.40. The quantitative estimate of drug-likeness (QED) is 0.815. The molecule has 0 radical (unpaired) electrons. The van der Waals surface area contributed by atoms with Crippen LogP contribution >= 0.6 is 11.3 Å². The Morgan fingerprint density at radius 2 is 2.00 bits per heavy atom. The van der Waals surface area contributed by atoms with Gasteiger partial charge in [0.1, 0.15) is 6.04 Å². The van der Waals surface area contributed by atoms with Crippen molar-refractivity contribution in [1.82, 2.24) is 4.90 Å². The molecule has 1 aliphatic heterocycles. The standard InChI is InChI=1S/C15H19NO4S/c17-10-7-11(15(19)20)16(8-10)14(18)13-6-9-4-2-1-3-5-12(9)21-13/h6,10-11,17H,1-5,7-8H2,(H,19,20). The Balaban J connectivity index is 1.83. The number of rotatable bonds is 2. The number of aryl methyl sites for hydroxylation is 2. The molecule has 1 aliphatic carbocycles. The molecule has 1 saturated heterocycles. The van der Waals surface area contributed by atoms with Crippen molar-refractivity contribution in [1.29, 1.82) is 0 Å². The third-order valence-corrected chi connectivity index (χ3v) is 5.51. The maximum Gasteiger partial charge on any atom is 0.326 e. The fraction of sp³-hybridized carbons (Fsp3) is 0.600. The average molecular weight is 309 g/mol. The molecule has 3 rings (SSSR count). The van der Waals surface area contributed by atoms with E-state index >= 15 is 0 Å². The van der Waals surface area contributed by atoms with E-state index in [0.717, 1.165) is 25.7 Å². The van der Waals surface area contributed by atoms with Crippen LogP contribution in [0.4, 0.5) is 0 Å². The van der Waals surface area contributed by atoms with Crippen molar-refractivity contribution in [2.24, 2.45) is 0 Å². The number of amides is 1. The van der Waals surface area contributed by atoms with E-state index in [4.69, 9.17) is 0 Å². The van der Waals surface area contributed by atoms with E-state index in [0.29, 0.717) is 4.88 Å². The fourth-order valence-electron chi connectivity index (χ4n) is 3.19. The molecule has 1 aromatic rings. The third-order valence-electron chi connectivity index (χ3n) is 4.28. The van der Waals surface area contributed by atoms with Gasteiger partial charge in [0.25, 0.3) is 5.91 Å². The van der Waals surface area contributed by atoms with Crippen molar-refractivity contribution in [3.05, 3.63) is 21.4 Å². The molecular weight excluding hydrogens is 290 g/mol. The minimum Gasteiger partial charge on any atom is -0.480 e. The molecule has 0 saturated carbocycles. The average Bonchev–Trinajstić information content (AvgIpc) is 2.96. The van der Waals surface area contributed by atoms with Gasteiger partial charge < -0.3 is 15.1 Å². The number of carbonyl (C=O) groups is 2. The number of nitrogens with zero attached hydrogens (tertiary/aromatic N) is 1. The molecule has 2 heterocycles. The number of hydrogen-bond acceptors (Lipinski definition) is 4. The molecule has 2 N–H and O–H groups in total. The first-order chi connectivity index (χ1) is 10.1. The predicted molar refractivity (Wildman–Crippen MR) is 78.7 cm³/mol. The van der Waals surface area contributed by atoms with Gasteiger partial charge in [-0.2, -0.15) is 0 Å². The van der Waals surface area contributed by atoms with Gasteiger partial charge in [0.05, 0.1) is 11.0 Å². The summed E-state index contributed by atoms with van der Waals surface area (Å²) in [5, 5.41) is 18.9. The second-order valence-corrected chi connectivity index (χ2v) is 6.96. The Bertz CT molecular complexity index is 545. The highest BCUT2D eigenvalue weighted by Gasteiger charge is 2.39. The van der Waals surface area contributed by atoms with Gasteiger partial charge in [-0.1, -0.05) is 6.42 Å². The highest BCUT2D eigenvalue weighted by Crippen LogP contribution is 2.31. The minimum absolute atomic E-state index is 0.109. The van der Waals surface area contributed by atoms with Gasteiger partial charge in [-0.3, -0.25) is 4.79 Å². The van der Waals surface area contributed by atoms with E-state index in [-0.39, 0.29) is 18.9 Å². The Morgan fingerprint density at radius 1 is 1.24 bits per heavy atom. The highest BCUT2D eigenvalue weighted by molar-refractivity contribution is 7.14. The number of likely N-dealkylation sites (tertiary alicyclic amines) is 1. The summed E-state index contributed by atoms with van der Waals surface area (Å²) in [7, 11) is 0. The lowest BCUT2D eigenvalue weighted by molar-refractivity contribution is -0.141. The SMILES string of the molecule is O=C(O)C1CC(O)CN1C(=O)c1cc2c(s1)CCCCC2. The van der Waals surface area contributed by atoms with Crippen LogP contribution in [-0.2, 0) is 17.6 Å². The third kappa shape index (κ3) is 2.82. The molecule has 1 amide bonds. The Labute approximate surface area is 127 Å². The lowest BCUT2D eigenvalue weighted by Gasteiger charge is -2.20. The van der Waals surface area contributed by atoms with Gasteiger partial charge in [0.2, 0.25) is 0 Å². The number of thiophene rings is 1. The number of aliphatic carboxylic acids is 1. The Kier molecular flexibility index (Phi) is 3.99. The van der Waals surface area contributed by atoms with E-state index in [1.165, 1.54) is 33.1 Å². The molecule has 0 spiro atoms.